The van der Waals surface area contributed by atoms with Crippen molar-refractivity contribution in [3.8, 4) is 0 Å². The van der Waals surface area contributed by atoms with Gasteiger partial charge in [-0.25, -0.2) is 0 Å². The predicted octanol–water partition coefficient (Wildman–Crippen LogP) is 3.23. The van der Waals surface area contributed by atoms with Crippen LogP contribution in [0.15, 0.2) is 36.0 Å². The third-order valence-electron chi connectivity index (χ3n) is 2.58. The van der Waals surface area contributed by atoms with Crippen molar-refractivity contribution >= 4 is 12.3 Å². The van der Waals surface area contributed by atoms with Gasteiger partial charge in [0.15, 0.2) is 0 Å². The minimum absolute atomic E-state index is 0.199. The molecule has 0 bridgehead atoms. The van der Waals surface area contributed by atoms with Crippen LogP contribution in [0.25, 0.3) is 0 Å². The van der Waals surface area contributed by atoms with Gasteiger partial charge in [0.25, 0.3) is 5.91 Å². The van der Waals surface area contributed by atoms with Crippen molar-refractivity contribution in [2.75, 3.05) is 0 Å². The van der Waals surface area contributed by atoms with Gasteiger partial charge in [0.05, 0.1) is 11.1 Å². The molecule has 3 nitrogen and oxygen atoms in total. The van der Waals surface area contributed by atoms with Crippen LogP contribution in [0.2, 0.25) is 0 Å². The molecule has 6 heteroatoms. The molecule has 0 atom stereocenters. The summed E-state index contributed by atoms with van der Waals surface area (Å²) in [7, 11) is 0. The molecule has 19 heavy (non-hydrogen) atoms. The second-order valence-corrected chi connectivity index (χ2v) is 3.75. The monoisotopic (exact) mass is 271 g/mol. The minimum atomic E-state index is -4.65. The lowest BCUT2D eigenvalue weighted by atomic mass is 10.1. The van der Waals surface area contributed by atoms with Gasteiger partial charge in [-0.1, -0.05) is 18.2 Å². The van der Waals surface area contributed by atoms with Gasteiger partial charge in [-0.05, 0) is 26.0 Å². The number of hydrogen-bond donors (Lipinski definition) is 0. The standard InChI is InChI=1S/C13H12F3NO2/c1-3-9(2)17(8-18)12(19)10-6-4-5-7-11(10)13(14,15)16/h3-8H,1-2H3. The zero-order valence-electron chi connectivity index (χ0n) is 10.4. The van der Waals surface area contributed by atoms with E-state index in [0.29, 0.717) is 4.90 Å². The highest BCUT2D eigenvalue weighted by atomic mass is 19.4. The van der Waals surface area contributed by atoms with Gasteiger partial charge in [-0.15, -0.1) is 0 Å². The van der Waals surface area contributed by atoms with Crippen LogP contribution in [-0.2, 0) is 11.0 Å². The van der Waals surface area contributed by atoms with E-state index in [0.717, 1.165) is 12.1 Å². The summed E-state index contributed by atoms with van der Waals surface area (Å²) in [5, 5.41) is 0. The first-order valence-electron chi connectivity index (χ1n) is 5.41. The van der Waals surface area contributed by atoms with Crippen LogP contribution in [0.3, 0.4) is 0 Å². The molecule has 0 unspecified atom stereocenters. The maximum absolute atomic E-state index is 12.8. The summed E-state index contributed by atoms with van der Waals surface area (Å²) >= 11 is 0. The highest BCUT2D eigenvalue weighted by Crippen LogP contribution is 2.32. The summed E-state index contributed by atoms with van der Waals surface area (Å²) in [6.45, 7) is 3.04. The molecule has 102 valence electrons. The number of halogens is 3. The van der Waals surface area contributed by atoms with Gasteiger partial charge in [-0.3, -0.25) is 14.5 Å². The molecular formula is C13H12F3NO2. The van der Waals surface area contributed by atoms with Gasteiger partial charge >= 0.3 is 6.18 Å². The van der Waals surface area contributed by atoms with E-state index < -0.39 is 23.2 Å². The maximum Gasteiger partial charge on any atom is 0.417 e. The molecule has 0 aliphatic rings. The number of carbonyl (C=O) groups excluding carboxylic acids is 2. The zero-order chi connectivity index (χ0) is 14.6. The Morgan fingerprint density at radius 2 is 1.84 bits per heavy atom. The molecule has 0 aromatic heterocycles. The lowest BCUT2D eigenvalue weighted by Crippen LogP contribution is -2.29. The fourth-order valence-electron chi connectivity index (χ4n) is 1.48. The van der Waals surface area contributed by atoms with Crippen molar-refractivity contribution in [2.45, 2.75) is 20.0 Å². The van der Waals surface area contributed by atoms with Crippen LogP contribution in [0.1, 0.15) is 29.8 Å². The van der Waals surface area contributed by atoms with E-state index in [9.17, 15) is 22.8 Å². The zero-order valence-corrected chi connectivity index (χ0v) is 10.4. The summed E-state index contributed by atoms with van der Waals surface area (Å²) in [6.07, 6.45) is -2.99. The lowest BCUT2D eigenvalue weighted by Gasteiger charge is -2.18. The van der Waals surface area contributed by atoms with Crippen LogP contribution < -0.4 is 0 Å². The molecule has 1 aromatic carbocycles. The molecule has 0 fully saturated rings. The topological polar surface area (TPSA) is 37.4 Å². The number of hydrogen-bond acceptors (Lipinski definition) is 2. The molecule has 1 aromatic rings. The normalized spacial score (nSPS) is 12.2. The second kappa shape index (κ2) is 5.69. The van der Waals surface area contributed by atoms with E-state index in [1.807, 2.05) is 0 Å². The molecule has 0 radical (unpaired) electrons. The molecule has 0 aliphatic carbocycles. The van der Waals surface area contributed by atoms with Crippen molar-refractivity contribution in [1.29, 1.82) is 0 Å². The van der Waals surface area contributed by atoms with E-state index in [1.165, 1.54) is 25.1 Å². The van der Waals surface area contributed by atoms with E-state index in [-0.39, 0.29) is 12.1 Å². The number of allylic oxidation sites excluding steroid dienone is 2. The van der Waals surface area contributed by atoms with Gasteiger partial charge in [0.1, 0.15) is 0 Å². The van der Waals surface area contributed by atoms with E-state index in [4.69, 9.17) is 0 Å². The SMILES string of the molecule is CC=C(C)N(C=O)C(=O)c1ccccc1C(F)(F)F. The Hall–Kier alpha value is -2.11. The molecule has 0 heterocycles. The summed E-state index contributed by atoms with van der Waals surface area (Å²) in [5.74, 6) is -1.00. The fraction of sp³-hybridized carbons (Fsp3) is 0.231. The Morgan fingerprint density at radius 3 is 2.32 bits per heavy atom. The Labute approximate surface area is 108 Å². The van der Waals surface area contributed by atoms with E-state index in [1.54, 1.807) is 6.92 Å². The Balaban J connectivity index is 3.31. The van der Waals surface area contributed by atoms with Crippen LogP contribution in [0.5, 0.6) is 0 Å². The molecule has 0 aliphatic heterocycles. The Morgan fingerprint density at radius 1 is 1.26 bits per heavy atom. The highest BCUT2D eigenvalue weighted by molar-refractivity contribution is 6.02. The molecule has 2 amide bonds. The number of benzene rings is 1. The minimum Gasteiger partial charge on any atom is -0.278 e. The second-order valence-electron chi connectivity index (χ2n) is 3.75. The van der Waals surface area contributed by atoms with Crippen LogP contribution >= 0.6 is 0 Å². The first kappa shape index (κ1) is 14.9. The number of imide groups is 1. The number of nitrogens with zero attached hydrogens (tertiary/aromatic N) is 1. The van der Waals surface area contributed by atoms with Crippen LogP contribution in [0.4, 0.5) is 13.2 Å². The fourth-order valence-corrected chi connectivity index (χ4v) is 1.48. The predicted molar refractivity (Wildman–Crippen MR) is 63.1 cm³/mol. The lowest BCUT2D eigenvalue weighted by molar-refractivity contribution is -0.138. The average Bonchev–Trinajstić information content (AvgIpc) is 2.38. The summed E-state index contributed by atoms with van der Waals surface area (Å²) in [5.41, 5.74) is -1.35. The maximum atomic E-state index is 12.8. The number of amides is 2. The van der Waals surface area contributed by atoms with Crippen molar-refractivity contribution < 1.29 is 22.8 Å². The molecule has 0 spiro atoms. The largest absolute Gasteiger partial charge is 0.417 e. The third kappa shape index (κ3) is 3.21. The van der Waals surface area contributed by atoms with Gasteiger partial charge in [-0.2, -0.15) is 13.2 Å². The van der Waals surface area contributed by atoms with Gasteiger partial charge < -0.3 is 0 Å². The van der Waals surface area contributed by atoms with Crippen LogP contribution in [-0.4, -0.2) is 17.2 Å². The van der Waals surface area contributed by atoms with E-state index >= 15 is 0 Å². The molecule has 0 saturated heterocycles. The molecular weight excluding hydrogens is 259 g/mol. The first-order chi connectivity index (χ1) is 8.82. The highest BCUT2D eigenvalue weighted by Gasteiger charge is 2.36. The average molecular weight is 271 g/mol. The number of carbonyl (C=O) groups is 2. The van der Waals surface area contributed by atoms with Crippen molar-refractivity contribution in [1.82, 2.24) is 4.90 Å². The Bertz CT molecular complexity index is 521. The van der Waals surface area contributed by atoms with Crippen LogP contribution in [0, 0.1) is 0 Å². The number of rotatable bonds is 3. The van der Waals surface area contributed by atoms with Gasteiger partial charge in [0, 0.05) is 5.70 Å². The quantitative estimate of drug-likeness (QED) is 0.791. The van der Waals surface area contributed by atoms with Crippen molar-refractivity contribution in [2.24, 2.45) is 0 Å². The summed E-state index contributed by atoms with van der Waals surface area (Å²) in [4.78, 5) is 23.5. The number of alkyl halides is 3. The molecule has 0 saturated carbocycles. The van der Waals surface area contributed by atoms with Crippen molar-refractivity contribution in [3.63, 3.8) is 0 Å². The Kier molecular flexibility index (Phi) is 4.47. The smallest absolute Gasteiger partial charge is 0.278 e. The first-order valence-corrected chi connectivity index (χ1v) is 5.41. The molecule has 0 N–H and O–H groups in total. The molecule has 1 rings (SSSR count). The summed E-state index contributed by atoms with van der Waals surface area (Å²) in [6, 6.07) is 4.36. The van der Waals surface area contributed by atoms with Gasteiger partial charge in [0.2, 0.25) is 6.41 Å². The van der Waals surface area contributed by atoms with E-state index in [2.05, 4.69) is 0 Å². The third-order valence-corrected chi connectivity index (χ3v) is 2.58. The summed E-state index contributed by atoms with van der Waals surface area (Å²) < 4.78 is 38.4. The van der Waals surface area contributed by atoms with Crippen molar-refractivity contribution in [3.05, 3.63) is 47.2 Å².